The minimum atomic E-state index is -0.329. The van der Waals surface area contributed by atoms with E-state index >= 15 is 0 Å². The summed E-state index contributed by atoms with van der Waals surface area (Å²) in [5.41, 5.74) is 1.69. The van der Waals surface area contributed by atoms with Crippen LogP contribution in [0.4, 0.5) is 0 Å². The molecule has 4 rings (SSSR count). The van der Waals surface area contributed by atoms with Gasteiger partial charge in [-0.25, -0.2) is 0 Å². The fourth-order valence-corrected chi connectivity index (χ4v) is 4.43. The van der Waals surface area contributed by atoms with Crippen LogP contribution in [0, 0.1) is 11.3 Å². The average Bonchev–Trinajstić information content (AvgIpc) is 2.44. The summed E-state index contributed by atoms with van der Waals surface area (Å²) in [6.45, 7) is 9.14. The first-order valence-corrected chi connectivity index (χ1v) is 8.45. The molecule has 0 aromatic heterocycles. The summed E-state index contributed by atoms with van der Waals surface area (Å²) >= 11 is 0. The first-order chi connectivity index (χ1) is 10.8. The van der Waals surface area contributed by atoms with Crippen LogP contribution in [0.5, 0.6) is 5.75 Å². The molecule has 0 bridgehead atoms. The van der Waals surface area contributed by atoms with Crippen LogP contribution >= 0.6 is 0 Å². The summed E-state index contributed by atoms with van der Waals surface area (Å²) in [7, 11) is 0. The Hall–Kier alpha value is -1.77. The molecule has 0 unspecified atom stereocenters. The minimum absolute atomic E-state index is 0.0243. The molecule has 0 radical (unpaired) electrons. The van der Waals surface area contributed by atoms with Crippen molar-refractivity contribution in [2.24, 2.45) is 11.3 Å². The van der Waals surface area contributed by atoms with Gasteiger partial charge >= 0.3 is 0 Å². The number of carbonyl (C=O) groups excluding carboxylic acids is 1. The number of para-hydroxylation sites is 1. The van der Waals surface area contributed by atoms with E-state index in [0.29, 0.717) is 13.0 Å². The lowest BCUT2D eigenvalue weighted by atomic mass is 9.64. The Bertz CT molecular complexity index is 711. The zero-order chi connectivity index (χ0) is 16.4. The molecule has 0 saturated carbocycles. The molecule has 0 amide bonds. The fraction of sp³-hybridized carbons (Fsp3) is 0.550. The molecule has 0 N–H and O–H groups in total. The van der Waals surface area contributed by atoms with E-state index < -0.39 is 0 Å². The highest BCUT2D eigenvalue weighted by Crippen LogP contribution is 2.55. The molecule has 0 saturated heterocycles. The van der Waals surface area contributed by atoms with Gasteiger partial charge in [0.2, 0.25) is 0 Å². The summed E-state index contributed by atoms with van der Waals surface area (Å²) in [5.74, 6) is 2.34. The van der Waals surface area contributed by atoms with Crippen molar-refractivity contribution in [1.29, 1.82) is 0 Å². The lowest BCUT2D eigenvalue weighted by Crippen LogP contribution is -2.50. The molecule has 0 spiro atoms. The molecule has 122 valence electrons. The smallest absolute Gasteiger partial charge is 0.163 e. The number of allylic oxidation sites excluding steroid dienone is 2. The van der Waals surface area contributed by atoms with E-state index in [0.717, 1.165) is 29.1 Å². The van der Waals surface area contributed by atoms with Crippen LogP contribution in [0.1, 0.15) is 52.0 Å². The van der Waals surface area contributed by atoms with E-state index in [4.69, 9.17) is 9.47 Å². The number of fused-ring (bicyclic) bond motifs is 4. The monoisotopic (exact) mass is 312 g/mol. The summed E-state index contributed by atoms with van der Waals surface area (Å²) < 4.78 is 12.3. The van der Waals surface area contributed by atoms with Crippen molar-refractivity contribution in [3.8, 4) is 5.75 Å². The van der Waals surface area contributed by atoms with Gasteiger partial charge in [-0.15, -0.1) is 0 Å². The number of benzene rings is 1. The summed E-state index contributed by atoms with van der Waals surface area (Å²) in [6, 6.07) is 8.13. The molecule has 3 heteroatoms. The Kier molecular flexibility index (Phi) is 2.97. The van der Waals surface area contributed by atoms with Gasteiger partial charge in [-0.3, -0.25) is 4.79 Å². The second kappa shape index (κ2) is 4.62. The predicted molar refractivity (Wildman–Crippen MR) is 88.4 cm³/mol. The molecule has 0 fully saturated rings. The van der Waals surface area contributed by atoms with Crippen molar-refractivity contribution >= 4 is 5.78 Å². The molecule has 23 heavy (non-hydrogen) atoms. The van der Waals surface area contributed by atoms with Crippen LogP contribution in [-0.2, 0) is 9.53 Å². The molecule has 1 aliphatic carbocycles. The van der Waals surface area contributed by atoms with Crippen molar-refractivity contribution in [3.63, 3.8) is 0 Å². The van der Waals surface area contributed by atoms with E-state index in [1.807, 2.05) is 18.2 Å². The average molecular weight is 312 g/mol. The molecular formula is C20H24O3. The SMILES string of the molecule is CC1(C)CC(=O)C2=C(C1)OC(C)(C)[C@@H]1COc3ccccc3[C@H]21. The molecule has 3 aliphatic rings. The fourth-order valence-electron chi connectivity index (χ4n) is 4.43. The quantitative estimate of drug-likeness (QED) is 0.719. The van der Waals surface area contributed by atoms with Gasteiger partial charge < -0.3 is 9.47 Å². The van der Waals surface area contributed by atoms with Crippen LogP contribution in [0.2, 0.25) is 0 Å². The number of rotatable bonds is 0. The molecule has 2 heterocycles. The Morgan fingerprint density at radius 2 is 1.83 bits per heavy atom. The highest BCUT2D eigenvalue weighted by Gasteiger charge is 2.52. The largest absolute Gasteiger partial charge is 0.493 e. The topological polar surface area (TPSA) is 35.5 Å². The molecule has 1 aromatic rings. The number of hydrogen-bond donors (Lipinski definition) is 0. The number of ketones is 1. The zero-order valence-electron chi connectivity index (χ0n) is 14.3. The molecule has 2 atom stereocenters. The molecule has 1 aromatic carbocycles. The van der Waals surface area contributed by atoms with Gasteiger partial charge in [0.25, 0.3) is 0 Å². The van der Waals surface area contributed by atoms with Crippen LogP contribution in [0.3, 0.4) is 0 Å². The highest BCUT2D eigenvalue weighted by atomic mass is 16.5. The molecule has 2 aliphatic heterocycles. The first kappa shape index (κ1) is 14.8. The van der Waals surface area contributed by atoms with Gasteiger partial charge in [0.05, 0.1) is 6.61 Å². The van der Waals surface area contributed by atoms with Crippen LogP contribution in [0.15, 0.2) is 35.6 Å². The third-order valence-electron chi connectivity index (χ3n) is 5.54. The zero-order valence-corrected chi connectivity index (χ0v) is 14.3. The van der Waals surface area contributed by atoms with Gasteiger partial charge in [0.1, 0.15) is 17.1 Å². The lowest BCUT2D eigenvalue weighted by Gasteiger charge is -2.50. The maximum absolute atomic E-state index is 12.9. The highest BCUT2D eigenvalue weighted by molar-refractivity contribution is 5.99. The Balaban J connectivity index is 1.91. The van der Waals surface area contributed by atoms with Crippen molar-refractivity contribution < 1.29 is 14.3 Å². The normalized spacial score (nSPS) is 30.5. The van der Waals surface area contributed by atoms with Crippen molar-refractivity contribution in [2.45, 2.75) is 52.1 Å². The van der Waals surface area contributed by atoms with Crippen LogP contribution in [-0.4, -0.2) is 18.0 Å². The van der Waals surface area contributed by atoms with Crippen molar-refractivity contribution in [3.05, 3.63) is 41.2 Å². The molecular weight excluding hydrogens is 288 g/mol. The standard InChI is InChI=1S/C20H24O3/c1-19(2)9-14(21)18-16(10-19)23-20(3,4)13-11-22-15-8-6-5-7-12(15)17(13)18/h5-8,13,17H,9-11H2,1-4H3/t13-,17+/m1/s1. The number of carbonyl (C=O) groups is 1. The van der Waals surface area contributed by atoms with Gasteiger partial charge in [-0.2, -0.15) is 0 Å². The van der Waals surface area contributed by atoms with E-state index in [9.17, 15) is 4.79 Å². The second-order valence-electron chi connectivity index (χ2n) is 8.42. The van der Waals surface area contributed by atoms with Crippen molar-refractivity contribution in [1.82, 2.24) is 0 Å². The number of hydrogen-bond acceptors (Lipinski definition) is 3. The maximum atomic E-state index is 12.9. The molecule has 3 nitrogen and oxygen atoms in total. The number of ether oxygens (including phenoxy) is 2. The third kappa shape index (κ3) is 2.20. The Labute approximate surface area is 137 Å². The first-order valence-electron chi connectivity index (χ1n) is 8.45. The van der Waals surface area contributed by atoms with E-state index in [1.54, 1.807) is 0 Å². The van der Waals surface area contributed by atoms with Crippen molar-refractivity contribution in [2.75, 3.05) is 6.61 Å². The summed E-state index contributed by atoms with van der Waals surface area (Å²) in [6.07, 6.45) is 1.44. The maximum Gasteiger partial charge on any atom is 0.163 e. The van der Waals surface area contributed by atoms with Crippen LogP contribution < -0.4 is 4.74 Å². The van der Waals surface area contributed by atoms with E-state index in [-0.39, 0.29) is 28.6 Å². The summed E-state index contributed by atoms with van der Waals surface area (Å²) in [5, 5.41) is 0. The summed E-state index contributed by atoms with van der Waals surface area (Å²) in [4.78, 5) is 12.9. The Morgan fingerprint density at radius 3 is 2.61 bits per heavy atom. The number of Topliss-reactive ketones (excluding diaryl/α,β-unsaturated/α-hetero) is 1. The van der Waals surface area contributed by atoms with Gasteiger partial charge in [0, 0.05) is 35.8 Å². The Morgan fingerprint density at radius 1 is 1.09 bits per heavy atom. The second-order valence-corrected chi connectivity index (χ2v) is 8.42. The van der Waals surface area contributed by atoms with Gasteiger partial charge in [0.15, 0.2) is 5.78 Å². The third-order valence-corrected chi connectivity index (χ3v) is 5.54. The van der Waals surface area contributed by atoms with E-state index in [1.165, 1.54) is 0 Å². The predicted octanol–water partition coefficient (Wildman–Crippen LogP) is 4.23. The minimum Gasteiger partial charge on any atom is -0.493 e. The van der Waals surface area contributed by atoms with Gasteiger partial charge in [-0.1, -0.05) is 32.0 Å². The van der Waals surface area contributed by atoms with Crippen LogP contribution in [0.25, 0.3) is 0 Å². The van der Waals surface area contributed by atoms with E-state index in [2.05, 4.69) is 33.8 Å². The van der Waals surface area contributed by atoms with Gasteiger partial charge in [-0.05, 0) is 25.3 Å². The lowest BCUT2D eigenvalue weighted by molar-refractivity contribution is -0.124.